The average Bonchev–Trinajstić information content (AvgIpc) is 3.28. The zero-order chi connectivity index (χ0) is 42.4. The molecule has 5 atom stereocenters. The first-order valence-corrected chi connectivity index (χ1v) is 21.3. The van der Waals surface area contributed by atoms with Crippen molar-refractivity contribution in [1.82, 2.24) is 0 Å². The van der Waals surface area contributed by atoms with E-state index < -0.39 is 30.5 Å². The van der Waals surface area contributed by atoms with E-state index in [1.54, 1.807) is 12.2 Å². The van der Waals surface area contributed by atoms with Crippen LogP contribution >= 0.6 is 11.6 Å². The Morgan fingerprint density at radius 1 is 0.733 bits per heavy atom. The largest absolute Gasteiger partial charge is 0.494 e. The van der Waals surface area contributed by atoms with Crippen LogP contribution in [0.2, 0.25) is 0 Å². The van der Waals surface area contributed by atoms with Crippen molar-refractivity contribution < 1.29 is 38.3 Å². The fourth-order valence-corrected chi connectivity index (χ4v) is 7.08. The van der Waals surface area contributed by atoms with Gasteiger partial charge < -0.3 is 38.3 Å². The summed E-state index contributed by atoms with van der Waals surface area (Å²) in [5, 5.41) is 9.85. The maximum atomic E-state index is 9.33. The second kappa shape index (κ2) is 26.0. The van der Waals surface area contributed by atoms with Gasteiger partial charge in [-0.2, -0.15) is 0 Å². The van der Waals surface area contributed by atoms with Crippen LogP contribution < -0.4 is 4.74 Å². The van der Waals surface area contributed by atoms with E-state index in [1.807, 2.05) is 129 Å². The summed E-state index contributed by atoms with van der Waals surface area (Å²) < 4.78 is 46.0. The quantitative estimate of drug-likeness (QED) is 0.0290. The number of rotatable bonds is 26. The van der Waals surface area contributed by atoms with Gasteiger partial charge in [0.1, 0.15) is 48.6 Å². The molecule has 1 aliphatic heterocycles. The smallest absolute Gasteiger partial charge is 0.126 e. The third kappa shape index (κ3) is 14.9. The second-order valence-corrected chi connectivity index (χ2v) is 15.2. The molecule has 5 unspecified atom stereocenters. The van der Waals surface area contributed by atoms with Crippen LogP contribution in [-0.4, -0.2) is 68.7 Å². The van der Waals surface area contributed by atoms with Crippen molar-refractivity contribution in [3.63, 3.8) is 0 Å². The van der Waals surface area contributed by atoms with Gasteiger partial charge in [0, 0.05) is 23.8 Å². The number of aliphatic hydroxyl groups is 1. The van der Waals surface area contributed by atoms with Crippen molar-refractivity contribution in [2.75, 3.05) is 33.0 Å². The molecule has 1 fully saturated rings. The molecular weight excluding hydrogens is 776 g/mol. The van der Waals surface area contributed by atoms with Crippen molar-refractivity contribution in [3.05, 3.63) is 185 Å². The van der Waals surface area contributed by atoms with Crippen molar-refractivity contribution in [1.29, 1.82) is 0 Å². The Labute approximate surface area is 362 Å². The van der Waals surface area contributed by atoms with E-state index >= 15 is 0 Å². The Hall–Kier alpha value is -4.51. The van der Waals surface area contributed by atoms with Crippen LogP contribution in [0, 0.1) is 0 Å². The van der Waals surface area contributed by atoms with Gasteiger partial charge >= 0.3 is 0 Å². The Morgan fingerprint density at radius 3 is 1.85 bits per heavy atom. The molecule has 1 aliphatic rings. The van der Waals surface area contributed by atoms with Crippen molar-refractivity contribution in [3.8, 4) is 5.75 Å². The van der Waals surface area contributed by atoms with Gasteiger partial charge in [0.05, 0.1) is 33.0 Å². The van der Waals surface area contributed by atoms with Crippen LogP contribution in [0.3, 0.4) is 0 Å². The van der Waals surface area contributed by atoms with E-state index in [0.717, 1.165) is 52.8 Å². The molecule has 0 aliphatic carbocycles. The zero-order valence-corrected chi connectivity index (χ0v) is 35.8. The summed E-state index contributed by atoms with van der Waals surface area (Å²) in [6, 6.07) is 38.1. The molecule has 320 valence electrons. The number of allylic oxidation sites excluding steroid dienone is 3. The number of hydrogen-bond acceptors (Lipinski definition) is 8. The maximum Gasteiger partial charge on any atom is 0.126 e. The summed E-state index contributed by atoms with van der Waals surface area (Å²) in [4.78, 5) is 0. The average molecular weight is 837 g/mol. The maximum absolute atomic E-state index is 9.33. The predicted molar refractivity (Wildman–Crippen MR) is 239 cm³/mol. The van der Waals surface area contributed by atoms with Gasteiger partial charge in [0.2, 0.25) is 0 Å². The molecule has 1 heterocycles. The zero-order valence-electron chi connectivity index (χ0n) is 35.1. The van der Waals surface area contributed by atoms with Crippen LogP contribution in [0.1, 0.15) is 55.4 Å². The first-order chi connectivity index (χ1) is 29.4. The summed E-state index contributed by atoms with van der Waals surface area (Å²) >= 11 is 7.09. The van der Waals surface area contributed by atoms with E-state index in [1.165, 1.54) is 0 Å². The highest BCUT2D eigenvalue weighted by Gasteiger charge is 2.50. The summed E-state index contributed by atoms with van der Waals surface area (Å²) in [5.41, 5.74) is 5.59. The highest BCUT2D eigenvalue weighted by molar-refractivity contribution is 6.31. The summed E-state index contributed by atoms with van der Waals surface area (Å²) in [6.07, 6.45) is 3.21. The number of aliphatic hydroxyl groups excluding tert-OH is 1. The van der Waals surface area contributed by atoms with Gasteiger partial charge in [-0.25, -0.2) is 0 Å². The Kier molecular flexibility index (Phi) is 20.1. The Morgan fingerprint density at radius 2 is 1.30 bits per heavy atom. The molecule has 9 heteroatoms. The second-order valence-electron chi connectivity index (χ2n) is 14.8. The molecule has 0 amide bonds. The van der Waals surface area contributed by atoms with Crippen LogP contribution in [0.15, 0.2) is 163 Å². The van der Waals surface area contributed by atoms with Crippen LogP contribution in [0.5, 0.6) is 5.75 Å². The number of unbranched alkanes of at least 4 members (excludes halogenated alkanes) is 2. The van der Waals surface area contributed by atoms with E-state index in [4.69, 9.17) is 44.8 Å². The molecule has 1 N–H and O–H groups in total. The lowest BCUT2D eigenvalue weighted by Gasteiger charge is -2.47. The molecule has 8 nitrogen and oxygen atoms in total. The van der Waals surface area contributed by atoms with Gasteiger partial charge in [-0.1, -0.05) is 140 Å². The van der Waals surface area contributed by atoms with Gasteiger partial charge in [-0.3, -0.25) is 0 Å². The third-order valence-corrected chi connectivity index (χ3v) is 10.5. The van der Waals surface area contributed by atoms with Crippen LogP contribution in [-0.2, 0) is 54.7 Å². The molecule has 0 aromatic heterocycles. The lowest BCUT2D eigenvalue weighted by molar-refractivity contribution is -0.264. The topological polar surface area (TPSA) is 84.8 Å². The van der Waals surface area contributed by atoms with Gasteiger partial charge in [0.15, 0.2) is 0 Å². The van der Waals surface area contributed by atoms with Gasteiger partial charge in [-0.05, 0) is 80.0 Å². The minimum absolute atomic E-state index is 0.153. The molecule has 0 saturated carbocycles. The molecule has 4 aromatic carbocycles. The summed E-state index contributed by atoms with van der Waals surface area (Å²) in [7, 11) is 0. The number of halogens is 1. The first kappa shape index (κ1) is 46.6. The lowest BCUT2D eigenvalue weighted by Crippen LogP contribution is -2.61. The van der Waals surface area contributed by atoms with Gasteiger partial charge in [0.25, 0.3) is 0 Å². The van der Waals surface area contributed by atoms with Crippen LogP contribution in [0.4, 0.5) is 0 Å². The van der Waals surface area contributed by atoms with E-state index in [-0.39, 0.29) is 26.4 Å². The van der Waals surface area contributed by atoms with Crippen molar-refractivity contribution in [2.24, 2.45) is 0 Å². The highest BCUT2D eigenvalue weighted by Crippen LogP contribution is 2.36. The van der Waals surface area contributed by atoms with Gasteiger partial charge in [-0.15, -0.1) is 0 Å². The van der Waals surface area contributed by atoms with Crippen LogP contribution in [0.25, 0.3) is 0 Å². The Balaban J connectivity index is 1.53. The van der Waals surface area contributed by atoms with E-state index in [0.29, 0.717) is 49.2 Å². The molecule has 1 saturated heterocycles. The molecular formula is C51H61ClO8. The molecule has 0 spiro atoms. The molecule has 0 bridgehead atoms. The molecule has 60 heavy (non-hydrogen) atoms. The molecule has 4 aromatic rings. The van der Waals surface area contributed by atoms with E-state index in [9.17, 15) is 5.11 Å². The summed E-state index contributed by atoms with van der Waals surface area (Å²) in [6.45, 7) is 15.1. The Bertz CT molecular complexity index is 1900. The highest BCUT2D eigenvalue weighted by atomic mass is 35.5. The molecule has 5 rings (SSSR count). The third-order valence-electron chi connectivity index (χ3n) is 10.1. The SMILES string of the molecule is C=CCOC(=CC(Cl)=C(C)Cc1ccc(OCC)cc1)C(=C)C1OC(COCCCCCO)C(OCc2ccccc2)C(OCc2ccccc2)C1OCc1ccccc1. The number of ether oxygens (including phenoxy) is 7. The summed E-state index contributed by atoms with van der Waals surface area (Å²) in [5.74, 6) is 1.27. The standard InChI is InChI=1S/C51H61ClO8/c1-5-30-56-46(33-45(52)38(3)32-40-25-27-44(28-26-40)55-6-2)39(4)48-50(58-35-42-21-13-8-14-22-42)51(59-36-43-23-15-9-16-24-43)49(57-34-41-19-11-7-12-20-41)47(60-48)37-54-31-18-10-17-29-53/h5,7-9,11-16,19-28,33,47-51,53H,1,4,6,10,17-18,29-32,34-37H2,2-3H3. The monoisotopic (exact) mass is 836 g/mol. The fourth-order valence-electron chi connectivity index (χ4n) is 6.91. The fraction of sp³-hybridized carbons (Fsp3) is 0.373. The van der Waals surface area contributed by atoms with E-state index in [2.05, 4.69) is 13.2 Å². The molecule has 0 radical (unpaired) electrons. The minimum atomic E-state index is -0.763. The minimum Gasteiger partial charge on any atom is -0.494 e. The first-order valence-electron chi connectivity index (χ1n) is 20.9. The normalized spacial score (nSPS) is 19.7. The number of benzene rings is 4. The van der Waals surface area contributed by atoms with Crippen molar-refractivity contribution in [2.45, 2.75) is 89.9 Å². The predicted octanol–water partition coefficient (Wildman–Crippen LogP) is 10.5. The number of hydrogen-bond donors (Lipinski definition) is 1. The van der Waals surface area contributed by atoms with Crippen molar-refractivity contribution >= 4 is 11.6 Å². The lowest BCUT2D eigenvalue weighted by atomic mass is 9.89.